The van der Waals surface area contributed by atoms with Gasteiger partial charge >= 0.3 is 5.69 Å². The number of aliphatic hydroxyl groups is 3. The molecule has 1 aromatic heterocycles. The minimum atomic E-state index is -1.15. The molecule has 1 aliphatic heterocycles. The van der Waals surface area contributed by atoms with Crippen molar-refractivity contribution < 1.29 is 15.3 Å². The number of rotatable bonds is 2. The van der Waals surface area contributed by atoms with E-state index in [-0.39, 0.29) is 12.2 Å². The first-order valence-electron chi connectivity index (χ1n) is 5.38. The van der Waals surface area contributed by atoms with Crippen LogP contribution in [0.2, 0.25) is 0 Å². The molecule has 0 saturated carbocycles. The molecule has 1 saturated heterocycles. The lowest BCUT2D eigenvalue weighted by molar-refractivity contribution is 0.0196. The first-order chi connectivity index (χ1) is 8.45. The molecule has 0 amide bonds. The molecular weight excluding hydrogens is 260 g/mol. The lowest BCUT2D eigenvalue weighted by Gasteiger charge is -2.15. The largest absolute Gasteiger partial charge is 0.395 e. The summed E-state index contributed by atoms with van der Waals surface area (Å²) in [4.78, 5) is 25.0. The van der Waals surface area contributed by atoms with Crippen molar-refractivity contribution in [2.24, 2.45) is 7.05 Å². The summed E-state index contributed by atoms with van der Waals surface area (Å²) in [5, 5.41) is 27.4. The summed E-state index contributed by atoms with van der Waals surface area (Å²) in [7, 11) is 1.48. The molecule has 0 radical (unpaired) electrons. The van der Waals surface area contributed by atoms with E-state index in [1.54, 1.807) is 0 Å². The molecule has 18 heavy (non-hydrogen) atoms. The summed E-state index contributed by atoms with van der Waals surface area (Å²) in [6, 6.07) is 0. The van der Waals surface area contributed by atoms with Crippen LogP contribution in [0, 0.1) is 0 Å². The maximum absolute atomic E-state index is 11.7. The lowest BCUT2D eigenvalue weighted by atomic mass is 10.0. The Morgan fingerprint density at radius 2 is 2.06 bits per heavy atom. The molecule has 2 unspecified atom stereocenters. The third kappa shape index (κ3) is 2.12. The lowest BCUT2D eigenvalue weighted by Crippen LogP contribution is -2.35. The molecule has 4 atom stereocenters. The van der Waals surface area contributed by atoms with Crippen LogP contribution in [0.4, 0.5) is 0 Å². The molecule has 1 aromatic rings. The Kier molecular flexibility index (Phi) is 3.62. The number of thioether (sulfide) groups is 1. The third-order valence-electron chi connectivity index (χ3n) is 2.98. The average molecular weight is 274 g/mol. The molecule has 0 spiro atoms. The highest BCUT2D eigenvalue weighted by Crippen LogP contribution is 2.43. The van der Waals surface area contributed by atoms with Gasteiger partial charge < -0.3 is 19.9 Å². The number of aromatic nitrogens is 2. The Bertz CT molecular complexity index is 554. The third-order valence-corrected chi connectivity index (χ3v) is 4.59. The van der Waals surface area contributed by atoms with E-state index in [2.05, 4.69) is 4.98 Å². The Balaban J connectivity index is 2.42. The zero-order chi connectivity index (χ0) is 13.4. The van der Waals surface area contributed by atoms with Crippen LogP contribution in [0.3, 0.4) is 0 Å². The van der Waals surface area contributed by atoms with E-state index in [4.69, 9.17) is 5.11 Å². The van der Waals surface area contributed by atoms with E-state index in [0.29, 0.717) is 0 Å². The van der Waals surface area contributed by atoms with Crippen LogP contribution in [0.5, 0.6) is 0 Å². The van der Waals surface area contributed by atoms with Crippen LogP contribution in [0.1, 0.15) is 10.8 Å². The SMILES string of the molecule is Cn1cc([C@@H]2S[C@H](CO)C(O)C2O)c(=O)[nH]c1=O. The number of hydrogen-bond acceptors (Lipinski definition) is 6. The summed E-state index contributed by atoms with van der Waals surface area (Å²) >= 11 is 1.12. The highest BCUT2D eigenvalue weighted by molar-refractivity contribution is 8.00. The zero-order valence-corrected chi connectivity index (χ0v) is 10.4. The van der Waals surface area contributed by atoms with E-state index in [9.17, 15) is 19.8 Å². The van der Waals surface area contributed by atoms with Crippen LogP contribution < -0.4 is 11.2 Å². The molecule has 7 nitrogen and oxygen atoms in total. The van der Waals surface area contributed by atoms with Crippen LogP contribution in [-0.4, -0.2) is 48.9 Å². The highest BCUT2D eigenvalue weighted by atomic mass is 32.2. The molecule has 1 fully saturated rings. The molecule has 2 heterocycles. The monoisotopic (exact) mass is 274 g/mol. The standard InChI is InChI=1S/C10H14N2O5S/c1-12-2-4(9(16)11-10(12)17)8-7(15)6(14)5(3-13)18-8/h2,5-8,13-15H,3H2,1H3,(H,11,16,17)/t5-,6?,7?,8+/m1/s1. The molecule has 0 aliphatic carbocycles. The fourth-order valence-electron chi connectivity index (χ4n) is 1.94. The van der Waals surface area contributed by atoms with E-state index in [1.165, 1.54) is 17.8 Å². The number of aromatic amines is 1. The van der Waals surface area contributed by atoms with Crippen LogP contribution >= 0.6 is 11.8 Å². The Hall–Kier alpha value is -1.09. The highest BCUT2D eigenvalue weighted by Gasteiger charge is 2.43. The van der Waals surface area contributed by atoms with Gasteiger partial charge in [-0.05, 0) is 0 Å². The van der Waals surface area contributed by atoms with Gasteiger partial charge in [-0.1, -0.05) is 0 Å². The fourth-order valence-corrected chi connectivity index (χ4v) is 3.36. The van der Waals surface area contributed by atoms with Crippen LogP contribution in [-0.2, 0) is 7.05 Å². The van der Waals surface area contributed by atoms with Crippen LogP contribution in [0.15, 0.2) is 15.8 Å². The predicted octanol–water partition coefficient (Wildman–Crippen LogP) is -2.06. The van der Waals surface area contributed by atoms with Gasteiger partial charge in [-0.2, -0.15) is 0 Å². The van der Waals surface area contributed by atoms with E-state index in [1.807, 2.05) is 0 Å². The molecule has 1 aliphatic rings. The summed E-state index contributed by atoms with van der Waals surface area (Å²) in [6.07, 6.45) is -0.901. The van der Waals surface area contributed by atoms with E-state index >= 15 is 0 Å². The van der Waals surface area contributed by atoms with Crippen molar-refractivity contribution in [3.8, 4) is 0 Å². The summed E-state index contributed by atoms with van der Waals surface area (Å²) in [5.74, 6) is 0. The van der Waals surface area contributed by atoms with Gasteiger partial charge in [0.1, 0.15) is 0 Å². The molecule has 2 rings (SSSR count). The maximum Gasteiger partial charge on any atom is 0.328 e. The van der Waals surface area contributed by atoms with Crippen molar-refractivity contribution in [1.29, 1.82) is 0 Å². The van der Waals surface area contributed by atoms with Gasteiger partial charge in [0.2, 0.25) is 0 Å². The first-order valence-corrected chi connectivity index (χ1v) is 6.32. The van der Waals surface area contributed by atoms with Gasteiger partial charge in [0, 0.05) is 18.8 Å². The summed E-state index contributed by atoms with van der Waals surface area (Å²) in [5.41, 5.74) is -0.912. The zero-order valence-electron chi connectivity index (χ0n) is 9.61. The summed E-state index contributed by atoms with van der Waals surface area (Å²) in [6.45, 7) is -0.289. The van der Waals surface area contributed by atoms with Gasteiger partial charge in [-0.15, -0.1) is 11.8 Å². The molecule has 0 bridgehead atoms. The topological polar surface area (TPSA) is 116 Å². The Labute approximate surface area is 106 Å². The maximum atomic E-state index is 11.7. The van der Waals surface area contributed by atoms with Gasteiger partial charge in [0.05, 0.1) is 29.3 Å². The second-order valence-corrected chi connectivity index (χ2v) is 5.60. The van der Waals surface area contributed by atoms with Crippen molar-refractivity contribution in [2.75, 3.05) is 6.61 Å². The number of nitrogens with zero attached hydrogens (tertiary/aromatic N) is 1. The van der Waals surface area contributed by atoms with Crippen LogP contribution in [0.25, 0.3) is 0 Å². The van der Waals surface area contributed by atoms with Crippen molar-refractivity contribution >= 4 is 11.8 Å². The number of hydrogen-bond donors (Lipinski definition) is 4. The van der Waals surface area contributed by atoms with Crippen molar-refractivity contribution in [2.45, 2.75) is 22.7 Å². The van der Waals surface area contributed by atoms with Crippen molar-refractivity contribution in [3.63, 3.8) is 0 Å². The molecule has 0 aromatic carbocycles. The minimum Gasteiger partial charge on any atom is -0.395 e. The van der Waals surface area contributed by atoms with Gasteiger partial charge in [-0.3, -0.25) is 9.78 Å². The number of aryl methyl sites for hydroxylation is 1. The van der Waals surface area contributed by atoms with Gasteiger partial charge in [0.15, 0.2) is 0 Å². The smallest absolute Gasteiger partial charge is 0.328 e. The molecule has 100 valence electrons. The van der Waals surface area contributed by atoms with E-state index in [0.717, 1.165) is 11.8 Å². The normalized spacial score (nSPS) is 31.8. The molecule has 4 N–H and O–H groups in total. The fraction of sp³-hybridized carbons (Fsp3) is 0.600. The van der Waals surface area contributed by atoms with E-state index < -0.39 is 34.0 Å². The minimum absolute atomic E-state index is 0.213. The summed E-state index contributed by atoms with van der Waals surface area (Å²) < 4.78 is 1.20. The predicted molar refractivity (Wildman–Crippen MR) is 65.5 cm³/mol. The number of aliphatic hydroxyl groups excluding tert-OH is 3. The quantitative estimate of drug-likeness (QED) is 0.493. The van der Waals surface area contributed by atoms with Gasteiger partial charge in [-0.25, -0.2) is 4.79 Å². The second kappa shape index (κ2) is 4.88. The Morgan fingerprint density at radius 1 is 1.39 bits per heavy atom. The Morgan fingerprint density at radius 3 is 2.61 bits per heavy atom. The van der Waals surface area contributed by atoms with Crippen molar-refractivity contribution in [3.05, 3.63) is 32.6 Å². The average Bonchev–Trinajstić information content (AvgIpc) is 2.61. The molecular formula is C10H14N2O5S. The van der Waals surface area contributed by atoms with Crippen molar-refractivity contribution in [1.82, 2.24) is 9.55 Å². The number of nitrogens with one attached hydrogen (secondary N) is 1. The molecule has 8 heteroatoms. The second-order valence-electron chi connectivity index (χ2n) is 4.21. The van der Waals surface area contributed by atoms with Gasteiger partial charge in [0.25, 0.3) is 5.56 Å². The number of H-pyrrole nitrogens is 1. The first kappa shape index (κ1) is 13.3.